The van der Waals surface area contributed by atoms with Crippen molar-refractivity contribution in [2.24, 2.45) is 5.10 Å². The van der Waals surface area contributed by atoms with Crippen molar-refractivity contribution in [1.82, 2.24) is 9.66 Å². The molecule has 0 aliphatic heterocycles. The zero-order chi connectivity index (χ0) is 24.8. The van der Waals surface area contributed by atoms with Crippen molar-refractivity contribution in [2.45, 2.75) is 33.1 Å². The Hall–Kier alpha value is -3.78. The number of nitriles is 1. The van der Waals surface area contributed by atoms with Crippen molar-refractivity contribution >= 4 is 38.7 Å². The molecule has 0 bridgehead atoms. The number of nitro benzene ring substituents is 1. The van der Waals surface area contributed by atoms with E-state index in [0.717, 1.165) is 10.9 Å². The summed E-state index contributed by atoms with van der Waals surface area (Å²) in [6.45, 7) is 5.49. The number of benzene rings is 2. The molecule has 11 heteroatoms. The second-order valence-electron chi connectivity index (χ2n) is 7.31. The minimum absolute atomic E-state index is 0.0621. The second-order valence-corrected chi connectivity index (χ2v) is 8.22. The number of nitrogens with zero attached hydrogens (tertiary/aromatic N) is 5. The number of hydrogen-bond donors (Lipinski definition) is 0. The van der Waals surface area contributed by atoms with Gasteiger partial charge in [-0.05, 0) is 37.6 Å². The van der Waals surface area contributed by atoms with Gasteiger partial charge in [0.1, 0.15) is 11.9 Å². The van der Waals surface area contributed by atoms with Gasteiger partial charge in [-0.25, -0.2) is 4.98 Å². The Morgan fingerprint density at radius 3 is 2.74 bits per heavy atom. The van der Waals surface area contributed by atoms with Crippen molar-refractivity contribution in [2.75, 3.05) is 13.2 Å². The van der Waals surface area contributed by atoms with Crippen LogP contribution in [-0.2, 0) is 0 Å². The van der Waals surface area contributed by atoms with Gasteiger partial charge in [0.05, 0.1) is 28.6 Å². The quantitative estimate of drug-likeness (QED) is 0.222. The summed E-state index contributed by atoms with van der Waals surface area (Å²) in [5.74, 6) is 0.378. The molecule has 0 unspecified atom stereocenters. The fraction of sp³-hybridized carbons (Fsp3) is 0.304. The molecule has 0 radical (unpaired) electrons. The van der Waals surface area contributed by atoms with Crippen LogP contribution in [-0.4, -0.2) is 34.0 Å². The van der Waals surface area contributed by atoms with Crippen LogP contribution in [0, 0.1) is 21.4 Å². The van der Waals surface area contributed by atoms with Crippen molar-refractivity contribution in [3.63, 3.8) is 0 Å². The Bertz CT molecular complexity index is 1360. The number of fused-ring (bicyclic) bond motifs is 1. The SMILES string of the molecule is CCOc1cc(C=Nn2c([C@H](C)CC)nc3ccc(Br)cc3c2=O)cc([N+](=O)[O-])c1OCC#N. The average Bonchev–Trinajstić information content (AvgIpc) is 2.82. The van der Waals surface area contributed by atoms with Gasteiger partial charge in [0.2, 0.25) is 5.75 Å². The maximum Gasteiger partial charge on any atom is 0.315 e. The third-order valence-electron chi connectivity index (χ3n) is 5.04. The first-order chi connectivity index (χ1) is 16.3. The van der Waals surface area contributed by atoms with Crippen molar-refractivity contribution in [3.05, 3.63) is 66.7 Å². The molecule has 2 aromatic carbocycles. The minimum atomic E-state index is -0.627. The van der Waals surface area contributed by atoms with Crippen LogP contribution < -0.4 is 15.0 Å². The Kier molecular flexibility index (Phi) is 7.96. The first-order valence-electron chi connectivity index (χ1n) is 10.5. The molecule has 0 amide bonds. The lowest BCUT2D eigenvalue weighted by Gasteiger charge is -2.14. The number of nitro groups is 1. The molecule has 1 aromatic heterocycles. The molecule has 34 heavy (non-hydrogen) atoms. The van der Waals surface area contributed by atoms with Gasteiger partial charge in [0, 0.05) is 22.0 Å². The van der Waals surface area contributed by atoms with Crippen LogP contribution in [0.15, 0.2) is 44.7 Å². The lowest BCUT2D eigenvalue weighted by Crippen LogP contribution is -2.23. The van der Waals surface area contributed by atoms with Crippen LogP contribution in [0.5, 0.6) is 11.5 Å². The number of hydrogen-bond acceptors (Lipinski definition) is 8. The number of rotatable bonds is 9. The van der Waals surface area contributed by atoms with E-state index in [1.54, 1.807) is 25.1 Å². The molecule has 0 saturated carbocycles. The molecule has 176 valence electrons. The molecule has 1 atom stereocenters. The largest absolute Gasteiger partial charge is 0.490 e. The summed E-state index contributed by atoms with van der Waals surface area (Å²) < 4.78 is 12.7. The third-order valence-corrected chi connectivity index (χ3v) is 5.54. The average molecular weight is 528 g/mol. The monoisotopic (exact) mass is 527 g/mol. The van der Waals surface area contributed by atoms with Gasteiger partial charge < -0.3 is 9.47 Å². The standard InChI is InChI=1S/C23H22BrN5O5/c1-4-14(3)22-27-18-7-6-16(24)12-17(18)23(30)28(22)26-13-15-10-19(29(31)32)21(34-9-8-25)20(11-15)33-5-2/h6-7,10-14H,4-5,9H2,1-3H3/t14-/m1/s1. The number of halogens is 1. The van der Waals surface area contributed by atoms with Crippen molar-refractivity contribution in [3.8, 4) is 17.6 Å². The van der Waals surface area contributed by atoms with E-state index in [-0.39, 0.29) is 41.9 Å². The Morgan fingerprint density at radius 2 is 2.09 bits per heavy atom. The van der Waals surface area contributed by atoms with Crippen LogP contribution in [0.25, 0.3) is 10.9 Å². The van der Waals surface area contributed by atoms with Gasteiger partial charge >= 0.3 is 5.69 Å². The first-order valence-corrected chi connectivity index (χ1v) is 11.3. The normalized spacial score (nSPS) is 12.0. The molecule has 0 aliphatic carbocycles. The summed E-state index contributed by atoms with van der Waals surface area (Å²) in [4.78, 5) is 28.9. The van der Waals surface area contributed by atoms with E-state index in [1.807, 2.05) is 19.9 Å². The zero-order valence-electron chi connectivity index (χ0n) is 18.8. The highest BCUT2D eigenvalue weighted by Gasteiger charge is 2.23. The molecule has 3 rings (SSSR count). The molecule has 0 saturated heterocycles. The highest BCUT2D eigenvalue weighted by Crippen LogP contribution is 2.38. The van der Waals surface area contributed by atoms with Crippen LogP contribution in [0.4, 0.5) is 5.69 Å². The highest BCUT2D eigenvalue weighted by atomic mass is 79.9. The van der Waals surface area contributed by atoms with Gasteiger partial charge in [-0.15, -0.1) is 0 Å². The van der Waals surface area contributed by atoms with Crippen LogP contribution in [0.1, 0.15) is 44.5 Å². The highest BCUT2D eigenvalue weighted by molar-refractivity contribution is 9.10. The van der Waals surface area contributed by atoms with Gasteiger partial charge in [0.15, 0.2) is 12.4 Å². The topological polar surface area (TPSA) is 133 Å². The van der Waals surface area contributed by atoms with E-state index in [4.69, 9.17) is 14.7 Å². The molecule has 0 N–H and O–H groups in total. The van der Waals surface area contributed by atoms with Crippen LogP contribution in [0.2, 0.25) is 0 Å². The predicted molar refractivity (Wildman–Crippen MR) is 131 cm³/mol. The van der Waals surface area contributed by atoms with Gasteiger partial charge in [0.25, 0.3) is 5.56 Å². The van der Waals surface area contributed by atoms with Gasteiger partial charge in [-0.3, -0.25) is 14.9 Å². The number of aromatic nitrogens is 2. The van der Waals surface area contributed by atoms with Gasteiger partial charge in [-0.2, -0.15) is 15.0 Å². The molecular weight excluding hydrogens is 506 g/mol. The number of ether oxygens (including phenoxy) is 2. The second kappa shape index (κ2) is 10.9. The molecule has 10 nitrogen and oxygen atoms in total. The molecule has 0 spiro atoms. The van der Waals surface area contributed by atoms with E-state index >= 15 is 0 Å². The Labute approximate surface area is 203 Å². The maximum atomic E-state index is 13.3. The maximum absolute atomic E-state index is 13.3. The third kappa shape index (κ3) is 5.23. The molecule has 3 aromatic rings. The lowest BCUT2D eigenvalue weighted by molar-refractivity contribution is -0.385. The Balaban J connectivity index is 2.19. The summed E-state index contributed by atoms with van der Waals surface area (Å²) >= 11 is 3.37. The summed E-state index contributed by atoms with van der Waals surface area (Å²) in [6.07, 6.45) is 2.07. The van der Waals surface area contributed by atoms with E-state index in [9.17, 15) is 14.9 Å². The predicted octanol–water partition coefficient (Wildman–Crippen LogP) is 4.76. The van der Waals surface area contributed by atoms with E-state index in [0.29, 0.717) is 22.3 Å². The fourth-order valence-electron chi connectivity index (χ4n) is 3.23. The summed E-state index contributed by atoms with van der Waals surface area (Å²) in [5.41, 5.74) is 0.142. The van der Waals surface area contributed by atoms with E-state index in [2.05, 4.69) is 26.0 Å². The van der Waals surface area contributed by atoms with Crippen LogP contribution >= 0.6 is 15.9 Å². The summed E-state index contributed by atoms with van der Waals surface area (Å²) in [6, 6.07) is 9.79. The van der Waals surface area contributed by atoms with Crippen molar-refractivity contribution < 1.29 is 14.4 Å². The fourth-order valence-corrected chi connectivity index (χ4v) is 3.60. The van der Waals surface area contributed by atoms with E-state index < -0.39 is 4.92 Å². The lowest BCUT2D eigenvalue weighted by atomic mass is 10.1. The Morgan fingerprint density at radius 1 is 1.32 bits per heavy atom. The van der Waals surface area contributed by atoms with E-state index in [1.165, 1.54) is 23.0 Å². The molecule has 1 heterocycles. The van der Waals surface area contributed by atoms with Crippen molar-refractivity contribution in [1.29, 1.82) is 5.26 Å². The molecule has 0 aliphatic rings. The molecular formula is C23H22BrN5O5. The smallest absolute Gasteiger partial charge is 0.315 e. The zero-order valence-corrected chi connectivity index (χ0v) is 20.4. The molecule has 0 fully saturated rings. The minimum Gasteiger partial charge on any atom is -0.490 e. The van der Waals surface area contributed by atoms with Gasteiger partial charge in [-0.1, -0.05) is 29.8 Å². The van der Waals surface area contributed by atoms with Crippen LogP contribution in [0.3, 0.4) is 0 Å². The summed E-state index contributed by atoms with van der Waals surface area (Å²) in [7, 11) is 0. The summed E-state index contributed by atoms with van der Waals surface area (Å²) in [5, 5.41) is 25.2. The first kappa shape index (κ1) is 24.9.